The minimum Gasteiger partial charge on any atom is -0.307 e. The Balaban J connectivity index is 2.70. The Hall–Kier alpha value is -0.370. The second kappa shape index (κ2) is 4.25. The number of hydrogen-bond acceptors (Lipinski definition) is 2. The fourth-order valence-electron chi connectivity index (χ4n) is 3.15. The van der Waals surface area contributed by atoms with Crippen molar-refractivity contribution in [1.82, 2.24) is 5.32 Å². The van der Waals surface area contributed by atoms with Crippen molar-refractivity contribution in [3.05, 3.63) is 0 Å². The van der Waals surface area contributed by atoms with E-state index in [-0.39, 0.29) is 11.1 Å². The predicted molar refractivity (Wildman–Crippen MR) is 63.9 cm³/mol. The van der Waals surface area contributed by atoms with Gasteiger partial charge in [0, 0.05) is 17.5 Å². The van der Waals surface area contributed by atoms with Crippen LogP contribution in [0.2, 0.25) is 0 Å². The highest BCUT2D eigenvalue weighted by molar-refractivity contribution is 5.49. The number of carbonyl (C=O) groups excluding carboxylic acids is 1. The van der Waals surface area contributed by atoms with Crippen molar-refractivity contribution in [3.63, 3.8) is 0 Å². The lowest BCUT2D eigenvalue weighted by molar-refractivity contribution is -0.109. The second-order valence-electron chi connectivity index (χ2n) is 6.44. The van der Waals surface area contributed by atoms with Gasteiger partial charge in [0.2, 0.25) is 0 Å². The van der Waals surface area contributed by atoms with Gasteiger partial charge in [-0.2, -0.15) is 0 Å². The van der Waals surface area contributed by atoms with Gasteiger partial charge in [0.1, 0.15) is 6.29 Å². The fraction of sp³-hybridized carbons (Fsp3) is 0.923. The summed E-state index contributed by atoms with van der Waals surface area (Å²) in [7, 11) is 0. The molecule has 0 saturated carbocycles. The number of rotatable bonds is 3. The SMILES string of the molecule is CC(CC=O)C1CC(C)(C)NC(C)(C)C1. The maximum absolute atomic E-state index is 10.6. The third-order valence-corrected chi connectivity index (χ3v) is 3.49. The zero-order valence-corrected chi connectivity index (χ0v) is 10.8. The molecule has 1 aliphatic heterocycles. The maximum Gasteiger partial charge on any atom is 0.120 e. The zero-order valence-electron chi connectivity index (χ0n) is 10.8. The van der Waals surface area contributed by atoms with Crippen molar-refractivity contribution < 1.29 is 4.79 Å². The number of piperidine rings is 1. The lowest BCUT2D eigenvalue weighted by atomic mass is 9.71. The van der Waals surface area contributed by atoms with Crippen LogP contribution in [-0.2, 0) is 4.79 Å². The summed E-state index contributed by atoms with van der Waals surface area (Å²) >= 11 is 0. The van der Waals surface area contributed by atoms with Crippen molar-refractivity contribution in [2.75, 3.05) is 0 Å². The van der Waals surface area contributed by atoms with Gasteiger partial charge in [-0.1, -0.05) is 6.92 Å². The summed E-state index contributed by atoms with van der Waals surface area (Å²) in [6.07, 6.45) is 4.11. The molecule has 2 nitrogen and oxygen atoms in total. The van der Waals surface area contributed by atoms with Gasteiger partial charge in [-0.25, -0.2) is 0 Å². The van der Waals surface area contributed by atoms with Gasteiger partial charge >= 0.3 is 0 Å². The van der Waals surface area contributed by atoms with E-state index in [9.17, 15) is 4.79 Å². The van der Waals surface area contributed by atoms with Gasteiger partial charge in [-0.15, -0.1) is 0 Å². The summed E-state index contributed by atoms with van der Waals surface area (Å²) in [4.78, 5) is 10.6. The average molecular weight is 211 g/mol. The zero-order chi connectivity index (χ0) is 11.7. The van der Waals surface area contributed by atoms with E-state index >= 15 is 0 Å². The van der Waals surface area contributed by atoms with E-state index < -0.39 is 0 Å². The first-order valence-electron chi connectivity index (χ1n) is 5.99. The minimum atomic E-state index is 0.198. The van der Waals surface area contributed by atoms with Crippen molar-refractivity contribution >= 4 is 6.29 Å². The molecule has 2 heteroatoms. The molecule has 1 aliphatic rings. The lowest BCUT2D eigenvalue weighted by Gasteiger charge is -2.48. The molecule has 0 amide bonds. The molecule has 0 aromatic rings. The standard InChI is InChI=1S/C13H25NO/c1-10(6-7-15)11-8-12(2,3)14-13(4,5)9-11/h7,10-11,14H,6,8-9H2,1-5H3. The fourth-order valence-corrected chi connectivity index (χ4v) is 3.15. The molecule has 0 spiro atoms. The second-order valence-corrected chi connectivity index (χ2v) is 6.44. The molecule has 1 fully saturated rings. The van der Waals surface area contributed by atoms with Crippen LogP contribution in [0.15, 0.2) is 0 Å². The van der Waals surface area contributed by atoms with Crippen LogP contribution in [0.4, 0.5) is 0 Å². The molecule has 1 N–H and O–H groups in total. The first kappa shape index (κ1) is 12.7. The molecule has 0 bridgehead atoms. The Morgan fingerprint density at radius 3 is 2.13 bits per heavy atom. The van der Waals surface area contributed by atoms with E-state index in [1.54, 1.807) is 0 Å². The van der Waals surface area contributed by atoms with Crippen LogP contribution >= 0.6 is 0 Å². The van der Waals surface area contributed by atoms with Crippen molar-refractivity contribution in [3.8, 4) is 0 Å². The number of carbonyl (C=O) groups is 1. The van der Waals surface area contributed by atoms with Gasteiger partial charge in [-0.3, -0.25) is 0 Å². The quantitative estimate of drug-likeness (QED) is 0.727. The monoisotopic (exact) mass is 211 g/mol. The highest BCUT2D eigenvalue weighted by atomic mass is 16.1. The first-order valence-corrected chi connectivity index (χ1v) is 5.99. The predicted octanol–water partition coefficient (Wildman–Crippen LogP) is 2.77. The van der Waals surface area contributed by atoms with E-state index in [0.717, 1.165) is 6.29 Å². The molecule has 0 aliphatic carbocycles. The largest absolute Gasteiger partial charge is 0.307 e. The van der Waals surface area contributed by atoms with Gasteiger partial charge < -0.3 is 10.1 Å². The Bertz CT molecular complexity index is 217. The molecule has 1 rings (SSSR count). The molecular weight excluding hydrogens is 186 g/mol. The summed E-state index contributed by atoms with van der Waals surface area (Å²) in [5, 5.41) is 3.67. The van der Waals surface area contributed by atoms with E-state index in [4.69, 9.17) is 0 Å². The van der Waals surface area contributed by atoms with Crippen molar-refractivity contribution in [1.29, 1.82) is 0 Å². The van der Waals surface area contributed by atoms with Crippen LogP contribution < -0.4 is 5.32 Å². The average Bonchev–Trinajstić information content (AvgIpc) is 1.98. The topological polar surface area (TPSA) is 29.1 Å². The van der Waals surface area contributed by atoms with Gasteiger partial charge in [-0.05, 0) is 52.4 Å². The third kappa shape index (κ3) is 3.60. The van der Waals surface area contributed by atoms with Gasteiger partial charge in [0.05, 0.1) is 0 Å². The van der Waals surface area contributed by atoms with Crippen LogP contribution in [0.3, 0.4) is 0 Å². The Morgan fingerprint density at radius 1 is 1.27 bits per heavy atom. The molecule has 0 aromatic heterocycles. The smallest absolute Gasteiger partial charge is 0.120 e. The summed E-state index contributed by atoms with van der Waals surface area (Å²) in [5.74, 6) is 1.18. The third-order valence-electron chi connectivity index (χ3n) is 3.49. The highest BCUT2D eigenvalue weighted by Crippen LogP contribution is 2.37. The van der Waals surface area contributed by atoms with Crippen LogP contribution in [-0.4, -0.2) is 17.4 Å². The lowest BCUT2D eigenvalue weighted by Crippen LogP contribution is -2.58. The minimum absolute atomic E-state index is 0.198. The van der Waals surface area contributed by atoms with Crippen molar-refractivity contribution in [2.24, 2.45) is 11.8 Å². The maximum atomic E-state index is 10.6. The van der Waals surface area contributed by atoms with Gasteiger partial charge in [0.15, 0.2) is 0 Å². The molecule has 0 radical (unpaired) electrons. The summed E-state index contributed by atoms with van der Waals surface area (Å²) in [6, 6.07) is 0. The molecule has 1 atom stereocenters. The first-order chi connectivity index (χ1) is 6.76. The Labute approximate surface area is 93.8 Å². The van der Waals surface area contributed by atoms with Crippen LogP contribution in [0.1, 0.15) is 53.9 Å². The van der Waals surface area contributed by atoms with Crippen molar-refractivity contribution in [2.45, 2.75) is 65.0 Å². The summed E-state index contributed by atoms with van der Waals surface area (Å²) in [5.41, 5.74) is 0.396. The molecule has 1 heterocycles. The Morgan fingerprint density at radius 2 is 1.73 bits per heavy atom. The van der Waals surface area contributed by atoms with Crippen LogP contribution in [0.5, 0.6) is 0 Å². The van der Waals surface area contributed by atoms with Crippen LogP contribution in [0, 0.1) is 11.8 Å². The van der Waals surface area contributed by atoms with E-state index in [1.165, 1.54) is 12.8 Å². The van der Waals surface area contributed by atoms with Crippen LogP contribution in [0.25, 0.3) is 0 Å². The van der Waals surface area contributed by atoms with E-state index in [1.807, 2.05) is 0 Å². The summed E-state index contributed by atoms with van der Waals surface area (Å²) < 4.78 is 0. The highest BCUT2D eigenvalue weighted by Gasteiger charge is 2.39. The molecule has 15 heavy (non-hydrogen) atoms. The van der Waals surface area contributed by atoms with Gasteiger partial charge in [0.25, 0.3) is 0 Å². The summed E-state index contributed by atoms with van der Waals surface area (Å²) in [6.45, 7) is 11.2. The molecule has 88 valence electrons. The molecule has 1 saturated heterocycles. The number of nitrogens with one attached hydrogen (secondary N) is 1. The molecular formula is C13H25NO. The molecule has 1 unspecified atom stereocenters. The number of hydrogen-bond donors (Lipinski definition) is 1. The molecule has 0 aromatic carbocycles. The Kier molecular flexibility index (Phi) is 3.59. The van der Waals surface area contributed by atoms with E-state index in [0.29, 0.717) is 18.3 Å². The number of aldehydes is 1. The normalized spacial score (nSPS) is 27.3. The van der Waals surface area contributed by atoms with E-state index in [2.05, 4.69) is 39.9 Å².